The Morgan fingerprint density at radius 1 is 1.70 bits per heavy atom. The number of hydrogen-bond donors (Lipinski definition) is 2. The second kappa shape index (κ2) is 2.96. The number of halogens is 1. The molecular weight excluding hydrogens is 241 g/mol. The maximum absolute atomic E-state index is 7.26. The van der Waals surface area contributed by atoms with Crippen LogP contribution in [0.3, 0.4) is 0 Å². The molecule has 52 valence electrons. The lowest BCUT2D eigenvalue weighted by Gasteiger charge is -1.98. The van der Waals surface area contributed by atoms with Gasteiger partial charge in [0.2, 0.25) is 0 Å². The van der Waals surface area contributed by atoms with E-state index in [1.54, 1.807) is 18.5 Å². The Morgan fingerprint density at radius 2 is 2.40 bits per heavy atom. The van der Waals surface area contributed by atoms with Crippen molar-refractivity contribution in [2.45, 2.75) is 0 Å². The van der Waals surface area contributed by atoms with Gasteiger partial charge in [0.1, 0.15) is 3.72 Å². The van der Waals surface area contributed by atoms with Gasteiger partial charge < -0.3 is 5.73 Å². The molecule has 0 amide bonds. The molecule has 0 atom stereocenters. The molecule has 0 bridgehead atoms. The predicted molar refractivity (Wildman–Crippen MR) is 49.5 cm³/mol. The zero-order valence-corrected chi connectivity index (χ0v) is 7.29. The van der Waals surface area contributed by atoms with Crippen molar-refractivity contribution in [3.63, 3.8) is 0 Å². The Labute approximate surface area is 72.3 Å². The van der Waals surface area contributed by atoms with Crippen LogP contribution < -0.4 is 5.73 Å². The minimum Gasteiger partial charge on any atom is -0.397 e. The van der Waals surface area contributed by atoms with Gasteiger partial charge >= 0.3 is 0 Å². The monoisotopic (exact) mass is 247 g/mol. The first-order chi connectivity index (χ1) is 4.72. The predicted octanol–water partition coefficient (Wildman–Crippen LogP) is 1.42. The summed E-state index contributed by atoms with van der Waals surface area (Å²) in [6.07, 6.45) is 3.17. The fraction of sp³-hybridized carbons (Fsp3) is 0. The molecule has 3 N–H and O–H groups in total. The molecular formula is C6H6IN3. The first-order valence-corrected chi connectivity index (χ1v) is 3.73. The van der Waals surface area contributed by atoms with Crippen LogP contribution in [0.25, 0.3) is 0 Å². The van der Waals surface area contributed by atoms with Crippen LogP contribution in [0.5, 0.6) is 0 Å². The Hall–Kier alpha value is -0.650. The van der Waals surface area contributed by atoms with Crippen molar-refractivity contribution in [1.29, 1.82) is 5.41 Å². The minimum atomic E-state index is 0.442. The van der Waals surface area contributed by atoms with E-state index in [4.69, 9.17) is 11.1 Å². The van der Waals surface area contributed by atoms with Crippen LogP contribution >= 0.6 is 22.6 Å². The Balaban J connectivity index is 3.15. The standard InChI is InChI=1S/C6H6IN3/c7-6(9)4-1-2-10-3-5(4)8/h1-3,9H,8H2. The molecule has 0 aliphatic carbocycles. The Morgan fingerprint density at radius 3 is 2.80 bits per heavy atom. The molecule has 0 unspecified atom stereocenters. The first kappa shape index (κ1) is 7.46. The molecule has 1 rings (SSSR count). The molecule has 0 aliphatic rings. The van der Waals surface area contributed by atoms with E-state index < -0.39 is 0 Å². The summed E-state index contributed by atoms with van der Waals surface area (Å²) in [5.74, 6) is 0. The third kappa shape index (κ3) is 1.44. The summed E-state index contributed by atoms with van der Waals surface area (Å²) < 4.78 is 0.442. The number of pyridine rings is 1. The van der Waals surface area contributed by atoms with Crippen molar-refractivity contribution in [2.24, 2.45) is 0 Å². The van der Waals surface area contributed by atoms with E-state index in [0.29, 0.717) is 9.41 Å². The summed E-state index contributed by atoms with van der Waals surface area (Å²) in [5.41, 5.74) is 6.82. The summed E-state index contributed by atoms with van der Waals surface area (Å²) in [7, 11) is 0. The third-order valence-corrected chi connectivity index (χ3v) is 1.67. The molecule has 1 aromatic heterocycles. The second-order valence-electron chi connectivity index (χ2n) is 1.78. The van der Waals surface area contributed by atoms with Gasteiger partial charge in [0.05, 0.1) is 11.9 Å². The van der Waals surface area contributed by atoms with E-state index in [2.05, 4.69) is 4.98 Å². The molecule has 1 aromatic rings. The zero-order chi connectivity index (χ0) is 7.56. The largest absolute Gasteiger partial charge is 0.397 e. The summed E-state index contributed by atoms with van der Waals surface area (Å²) in [6, 6.07) is 1.73. The number of nitrogen functional groups attached to an aromatic ring is 1. The molecule has 0 fully saturated rings. The van der Waals surface area contributed by atoms with Gasteiger partial charge in [-0.3, -0.25) is 10.4 Å². The normalized spacial score (nSPS) is 9.30. The molecule has 10 heavy (non-hydrogen) atoms. The topological polar surface area (TPSA) is 62.8 Å². The van der Waals surface area contributed by atoms with Gasteiger partial charge in [-0.1, -0.05) is 0 Å². The molecule has 0 spiro atoms. The van der Waals surface area contributed by atoms with Gasteiger partial charge in [-0.15, -0.1) is 0 Å². The van der Waals surface area contributed by atoms with E-state index in [9.17, 15) is 0 Å². The summed E-state index contributed by atoms with van der Waals surface area (Å²) in [4.78, 5) is 3.80. The van der Waals surface area contributed by atoms with E-state index in [0.717, 1.165) is 5.56 Å². The van der Waals surface area contributed by atoms with Crippen LogP contribution in [0.2, 0.25) is 0 Å². The SMILES string of the molecule is N=C(I)c1ccncc1N. The molecule has 4 heteroatoms. The number of aromatic nitrogens is 1. The lowest BCUT2D eigenvalue weighted by Crippen LogP contribution is -1.96. The highest BCUT2D eigenvalue weighted by Gasteiger charge is 1.99. The molecule has 0 radical (unpaired) electrons. The highest BCUT2D eigenvalue weighted by molar-refractivity contribution is 14.1. The lowest BCUT2D eigenvalue weighted by molar-refractivity contribution is 1.32. The van der Waals surface area contributed by atoms with Crippen LogP contribution in [0, 0.1) is 5.41 Å². The first-order valence-electron chi connectivity index (χ1n) is 2.65. The van der Waals surface area contributed by atoms with Crippen molar-refractivity contribution >= 4 is 32.0 Å². The highest BCUT2D eigenvalue weighted by Crippen LogP contribution is 2.12. The molecule has 0 saturated carbocycles. The fourth-order valence-corrected chi connectivity index (χ4v) is 1.10. The number of rotatable bonds is 1. The minimum absolute atomic E-state index is 0.442. The molecule has 0 aliphatic heterocycles. The van der Waals surface area contributed by atoms with E-state index in [-0.39, 0.29) is 0 Å². The van der Waals surface area contributed by atoms with Gasteiger partial charge in [0.15, 0.2) is 0 Å². The average molecular weight is 247 g/mol. The van der Waals surface area contributed by atoms with E-state index in [1.807, 2.05) is 22.6 Å². The van der Waals surface area contributed by atoms with Crippen molar-refractivity contribution in [2.75, 3.05) is 5.73 Å². The van der Waals surface area contributed by atoms with Crippen LogP contribution in [-0.4, -0.2) is 8.70 Å². The van der Waals surface area contributed by atoms with Gasteiger partial charge in [-0.2, -0.15) is 0 Å². The average Bonchev–Trinajstić information content (AvgIpc) is 1.88. The Bertz CT molecular complexity index is 259. The van der Waals surface area contributed by atoms with Gasteiger partial charge in [0, 0.05) is 11.8 Å². The molecule has 0 saturated heterocycles. The number of nitrogens with one attached hydrogen (secondary N) is 1. The van der Waals surface area contributed by atoms with Crippen LogP contribution in [0.1, 0.15) is 5.56 Å². The lowest BCUT2D eigenvalue weighted by atomic mass is 10.2. The maximum atomic E-state index is 7.26. The van der Waals surface area contributed by atoms with Crippen LogP contribution in [0.4, 0.5) is 5.69 Å². The third-order valence-electron chi connectivity index (χ3n) is 1.09. The van der Waals surface area contributed by atoms with Crippen molar-refractivity contribution in [3.8, 4) is 0 Å². The molecule has 0 aromatic carbocycles. The highest BCUT2D eigenvalue weighted by atomic mass is 127. The Kier molecular flexibility index (Phi) is 2.21. The van der Waals surface area contributed by atoms with Crippen LogP contribution in [-0.2, 0) is 0 Å². The molecule has 1 heterocycles. The zero-order valence-electron chi connectivity index (χ0n) is 5.13. The quantitative estimate of drug-likeness (QED) is 0.582. The summed E-state index contributed by atoms with van der Waals surface area (Å²) >= 11 is 1.91. The maximum Gasteiger partial charge on any atom is 0.101 e. The number of nitrogens with zero attached hydrogens (tertiary/aromatic N) is 1. The van der Waals surface area contributed by atoms with Gasteiger partial charge in [0.25, 0.3) is 0 Å². The van der Waals surface area contributed by atoms with Gasteiger partial charge in [-0.05, 0) is 28.7 Å². The number of hydrogen-bond acceptors (Lipinski definition) is 3. The summed E-state index contributed by atoms with van der Waals surface area (Å²) in [6.45, 7) is 0. The van der Waals surface area contributed by atoms with Crippen molar-refractivity contribution < 1.29 is 0 Å². The van der Waals surface area contributed by atoms with Gasteiger partial charge in [-0.25, -0.2) is 0 Å². The number of anilines is 1. The smallest absolute Gasteiger partial charge is 0.101 e. The van der Waals surface area contributed by atoms with Crippen LogP contribution in [0.15, 0.2) is 18.5 Å². The van der Waals surface area contributed by atoms with E-state index >= 15 is 0 Å². The second-order valence-corrected chi connectivity index (χ2v) is 2.86. The van der Waals surface area contributed by atoms with Crippen molar-refractivity contribution in [1.82, 2.24) is 4.98 Å². The van der Waals surface area contributed by atoms with Crippen molar-refractivity contribution in [3.05, 3.63) is 24.0 Å². The molecule has 3 nitrogen and oxygen atoms in total. The summed E-state index contributed by atoms with van der Waals surface area (Å²) in [5, 5.41) is 7.26. The van der Waals surface area contributed by atoms with E-state index in [1.165, 1.54) is 0 Å². The fourth-order valence-electron chi connectivity index (χ4n) is 0.607. The number of nitrogens with two attached hydrogens (primary N) is 1.